The van der Waals surface area contributed by atoms with Gasteiger partial charge in [-0.3, -0.25) is 4.98 Å². The highest BCUT2D eigenvalue weighted by Crippen LogP contribution is 2.32. The predicted molar refractivity (Wildman–Crippen MR) is 44.1 cm³/mol. The third-order valence-corrected chi connectivity index (χ3v) is 2.14. The second-order valence-electron chi connectivity index (χ2n) is 3.08. The molecule has 1 N–H and O–H groups in total. The van der Waals surface area contributed by atoms with E-state index < -0.39 is 0 Å². The van der Waals surface area contributed by atoms with E-state index in [9.17, 15) is 0 Å². The Hall–Kier alpha value is -1.09. The molecule has 3 nitrogen and oxygen atoms in total. The van der Waals surface area contributed by atoms with Gasteiger partial charge in [0.1, 0.15) is 5.75 Å². The summed E-state index contributed by atoms with van der Waals surface area (Å²) in [4.78, 5) is 4.03. The lowest BCUT2D eigenvalue weighted by molar-refractivity contribution is 0.276. The van der Waals surface area contributed by atoms with E-state index in [2.05, 4.69) is 11.9 Å². The van der Waals surface area contributed by atoms with Crippen LogP contribution in [0.4, 0.5) is 0 Å². The quantitative estimate of drug-likeness (QED) is 0.676. The van der Waals surface area contributed by atoms with E-state index >= 15 is 0 Å². The summed E-state index contributed by atoms with van der Waals surface area (Å²) in [5.41, 5.74) is 1.88. The number of hydrogen-bond donors (Lipinski definition) is 1. The highest BCUT2D eigenvalue weighted by molar-refractivity contribution is 5.38. The summed E-state index contributed by atoms with van der Waals surface area (Å²) in [5.74, 6) is 1.29. The molecule has 1 aliphatic heterocycles. The van der Waals surface area contributed by atoms with Gasteiger partial charge in [0, 0.05) is 11.5 Å². The van der Waals surface area contributed by atoms with E-state index in [1.807, 2.05) is 6.07 Å². The Bertz CT molecular complexity index is 299. The molecular weight excluding hydrogens is 154 g/mol. The molecule has 0 aliphatic carbocycles. The standard InChI is InChI=1S/C9H11NO2/c1-6-5-12-9-3-10-7(4-11)2-8(6)9/h2-3,6,11H,4-5H2,1H3. The Balaban J connectivity index is 2.43. The minimum atomic E-state index is 0. The zero-order valence-electron chi connectivity index (χ0n) is 6.95. The van der Waals surface area contributed by atoms with Crippen LogP contribution in [-0.2, 0) is 6.61 Å². The molecular formula is C9H11NO2. The average Bonchev–Trinajstić information content (AvgIpc) is 2.47. The van der Waals surface area contributed by atoms with E-state index in [0.29, 0.717) is 11.6 Å². The number of pyridine rings is 1. The molecule has 1 aliphatic rings. The molecule has 0 saturated carbocycles. The summed E-state index contributed by atoms with van der Waals surface area (Å²) in [5, 5.41) is 8.85. The Morgan fingerprint density at radius 2 is 2.58 bits per heavy atom. The maximum absolute atomic E-state index is 8.85. The molecule has 0 bridgehead atoms. The number of aliphatic hydroxyl groups is 1. The van der Waals surface area contributed by atoms with Gasteiger partial charge in [-0.05, 0) is 6.07 Å². The minimum Gasteiger partial charge on any atom is -0.491 e. The van der Waals surface area contributed by atoms with E-state index in [0.717, 1.165) is 17.9 Å². The van der Waals surface area contributed by atoms with Crippen molar-refractivity contribution in [3.05, 3.63) is 23.5 Å². The van der Waals surface area contributed by atoms with Crippen molar-refractivity contribution in [3.63, 3.8) is 0 Å². The largest absolute Gasteiger partial charge is 0.491 e. The van der Waals surface area contributed by atoms with Crippen LogP contribution in [0.5, 0.6) is 5.75 Å². The van der Waals surface area contributed by atoms with Crippen molar-refractivity contribution in [3.8, 4) is 5.75 Å². The Morgan fingerprint density at radius 1 is 1.75 bits per heavy atom. The number of rotatable bonds is 1. The molecule has 0 aromatic carbocycles. The first-order valence-electron chi connectivity index (χ1n) is 4.03. The number of hydrogen-bond acceptors (Lipinski definition) is 3. The summed E-state index contributed by atoms with van der Waals surface area (Å²) >= 11 is 0. The van der Waals surface area contributed by atoms with Crippen LogP contribution >= 0.6 is 0 Å². The van der Waals surface area contributed by atoms with Crippen molar-refractivity contribution in [1.29, 1.82) is 0 Å². The zero-order valence-corrected chi connectivity index (χ0v) is 6.95. The van der Waals surface area contributed by atoms with Crippen LogP contribution in [0.25, 0.3) is 0 Å². The normalized spacial score (nSPS) is 20.3. The van der Waals surface area contributed by atoms with E-state index in [-0.39, 0.29) is 6.61 Å². The lowest BCUT2D eigenvalue weighted by Crippen LogP contribution is -1.94. The molecule has 3 heteroatoms. The molecule has 0 spiro atoms. The third-order valence-electron chi connectivity index (χ3n) is 2.14. The smallest absolute Gasteiger partial charge is 0.141 e. The molecule has 0 fully saturated rings. The fourth-order valence-electron chi connectivity index (χ4n) is 1.40. The number of fused-ring (bicyclic) bond motifs is 1. The molecule has 1 aromatic rings. The van der Waals surface area contributed by atoms with Gasteiger partial charge in [-0.1, -0.05) is 6.92 Å². The Labute approximate surface area is 71.0 Å². The van der Waals surface area contributed by atoms with Gasteiger partial charge in [0.2, 0.25) is 0 Å². The molecule has 2 rings (SSSR count). The van der Waals surface area contributed by atoms with Crippen LogP contribution < -0.4 is 4.74 Å². The molecule has 1 aromatic heterocycles. The van der Waals surface area contributed by atoms with Crippen LogP contribution in [0.15, 0.2) is 12.3 Å². The molecule has 1 unspecified atom stereocenters. The maximum atomic E-state index is 8.85. The van der Waals surface area contributed by atoms with Crippen LogP contribution in [0.1, 0.15) is 24.1 Å². The lowest BCUT2D eigenvalue weighted by atomic mass is 10.0. The lowest BCUT2D eigenvalue weighted by Gasteiger charge is -2.01. The van der Waals surface area contributed by atoms with Gasteiger partial charge in [0.15, 0.2) is 0 Å². The van der Waals surface area contributed by atoms with Gasteiger partial charge in [-0.25, -0.2) is 0 Å². The van der Waals surface area contributed by atoms with Gasteiger partial charge in [-0.2, -0.15) is 0 Å². The Kier molecular flexibility index (Phi) is 1.73. The molecule has 1 atom stereocenters. The van der Waals surface area contributed by atoms with Crippen LogP contribution in [0.2, 0.25) is 0 Å². The summed E-state index contributed by atoms with van der Waals surface area (Å²) < 4.78 is 5.37. The molecule has 2 heterocycles. The highest BCUT2D eigenvalue weighted by Gasteiger charge is 2.20. The van der Waals surface area contributed by atoms with Gasteiger partial charge in [0.25, 0.3) is 0 Å². The molecule has 0 amide bonds. The SMILES string of the molecule is CC1COc2cnc(CO)cc21. The van der Waals surface area contributed by atoms with E-state index in [1.54, 1.807) is 6.20 Å². The molecule has 64 valence electrons. The van der Waals surface area contributed by atoms with E-state index in [4.69, 9.17) is 9.84 Å². The summed E-state index contributed by atoms with van der Waals surface area (Å²) in [6, 6.07) is 1.91. The van der Waals surface area contributed by atoms with Crippen molar-refractivity contribution in [2.75, 3.05) is 6.61 Å². The summed E-state index contributed by atoms with van der Waals surface area (Å²) in [6.07, 6.45) is 1.68. The second-order valence-corrected chi connectivity index (χ2v) is 3.08. The van der Waals surface area contributed by atoms with Crippen molar-refractivity contribution in [2.45, 2.75) is 19.4 Å². The molecule has 12 heavy (non-hydrogen) atoms. The molecule has 0 radical (unpaired) electrons. The number of aromatic nitrogens is 1. The fraction of sp³-hybridized carbons (Fsp3) is 0.444. The molecule has 0 saturated heterocycles. The minimum absolute atomic E-state index is 0. The monoisotopic (exact) mass is 165 g/mol. The first-order chi connectivity index (χ1) is 5.81. The van der Waals surface area contributed by atoms with Crippen molar-refractivity contribution in [2.24, 2.45) is 0 Å². The number of aliphatic hydroxyl groups excluding tert-OH is 1. The summed E-state index contributed by atoms with van der Waals surface area (Å²) in [7, 11) is 0. The van der Waals surface area contributed by atoms with Crippen molar-refractivity contribution in [1.82, 2.24) is 4.98 Å². The first kappa shape index (κ1) is 7.55. The van der Waals surface area contributed by atoms with Crippen molar-refractivity contribution < 1.29 is 9.84 Å². The average molecular weight is 165 g/mol. The number of nitrogens with zero attached hydrogens (tertiary/aromatic N) is 1. The summed E-state index contributed by atoms with van der Waals surface area (Å²) in [6.45, 7) is 2.83. The fourth-order valence-corrected chi connectivity index (χ4v) is 1.40. The van der Waals surface area contributed by atoms with Crippen LogP contribution in [0, 0.1) is 0 Å². The van der Waals surface area contributed by atoms with E-state index in [1.165, 1.54) is 0 Å². The van der Waals surface area contributed by atoms with Crippen molar-refractivity contribution >= 4 is 0 Å². The van der Waals surface area contributed by atoms with Gasteiger partial charge in [0.05, 0.1) is 25.1 Å². The second kappa shape index (κ2) is 2.75. The van der Waals surface area contributed by atoms with Gasteiger partial charge < -0.3 is 9.84 Å². The number of ether oxygens (including phenoxy) is 1. The van der Waals surface area contributed by atoms with Crippen LogP contribution in [0.3, 0.4) is 0 Å². The topological polar surface area (TPSA) is 42.4 Å². The Morgan fingerprint density at radius 3 is 3.33 bits per heavy atom. The third kappa shape index (κ3) is 1.06. The predicted octanol–water partition coefficient (Wildman–Crippen LogP) is 1.07. The maximum Gasteiger partial charge on any atom is 0.141 e. The van der Waals surface area contributed by atoms with Gasteiger partial charge >= 0.3 is 0 Å². The zero-order chi connectivity index (χ0) is 8.55. The van der Waals surface area contributed by atoms with Crippen LogP contribution in [-0.4, -0.2) is 16.7 Å². The first-order valence-corrected chi connectivity index (χ1v) is 4.03. The highest BCUT2D eigenvalue weighted by atomic mass is 16.5. The van der Waals surface area contributed by atoms with Gasteiger partial charge in [-0.15, -0.1) is 0 Å².